The number of ether oxygens (including phenoxy) is 1. The Morgan fingerprint density at radius 3 is 2.48 bits per heavy atom. The second-order valence-electron chi connectivity index (χ2n) is 6.90. The van der Waals surface area contributed by atoms with Crippen LogP contribution in [-0.2, 0) is 16.1 Å². The van der Waals surface area contributed by atoms with E-state index in [9.17, 15) is 4.79 Å². The number of morpholine rings is 1. The lowest BCUT2D eigenvalue weighted by Gasteiger charge is -2.28. The van der Waals surface area contributed by atoms with Crippen molar-refractivity contribution >= 4 is 29.0 Å². The molecule has 1 saturated heterocycles. The molecule has 1 fully saturated rings. The van der Waals surface area contributed by atoms with E-state index in [-0.39, 0.29) is 12.5 Å². The normalized spacial score (nSPS) is 13.9. The maximum Gasteiger partial charge on any atom is 0.244 e. The van der Waals surface area contributed by atoms with E-state index in [1.807, 2.05) is 66.3 Å². The van der Waals surface area contributed by atoms with Crippen LogP contribution in [0.15, 0.2) is 54.9 Å². The molecule has 1 aromatic carbocycles. The quantitative estimate of drug-likeness (QED) is 0.671. The standard InChI is InChI=1S/C21H24N6O2/c1-16-14-19(27-10-12-29-13-11-27)25-21(22-16)24-18-6-4-17(5-7-18)23-20(28)15-26-8-2-3-9-26/h2-9,14H,10-13,15H2,1H3,(H,23,28)(H,22,24,25). The first-order valence-electron chi connectivity index (χ1n) is 9.62. The van der Waals surface area contributed by atoms with E-state index in [0.717, 1.165) is 36.0 Å². The van der Waals surface area contributed by atoms with Crippen molar-refractivity contribution in [2.75, 3.05) is 41.8 Å². The van der Waals surface area contributed by atoms with Gasteiger partial charge in [0.05, 0.1) is 13.2 Å². The van der Waals surface area contributed by atoms with Gasteiger partial charge in [0.2, 0.25) is 11.9 Å². The lowest BCUT2D eigenvalue weighted by Crippen LogP contribution is -2.36. The zero-order valence-corrected chi connectivity index (χ0v) is 16.3. The zero-order chi connectivity index (χ0) is 20.1. The monoisotopic (exact) mass is 392 g/mol. The van der Waals surface area contributed by atoms with Gasteiger partial charge in [0.1, 0.15) is 12.4 Å². The fraction of sp³-hybridized carbons (Fsp3) is 0.286. The van der Waals surface area contributed by atoms with Crippen molar-refractivity contribution in [3.8, 4) is 0 Å². The maximum atomic E-state index is 12.1. The van der Waals surface area contributed by atoms with Gasteiger partial charge in [0, 0.05) is 48.6 Å². The third-order valence-corrected chi connectivity index (χ3v) is 4.59. The molecular weight excluding hydrogens is 368 g/mol. The Kier molecular flexibility index (Phi) is 5.71. The molecule has 0 unspecified atom stereocenters. The molecule has 0 atom stereocenters. The molecule has 29 heavy (non-hydrogen) atoms. The van der Waals surface area contributed by atoms with E-state index >= 15 is 0 Å². The molecule has 8 heteroatoms. The number of hydrogen-bond acceptors (Lipinski definition) is 6. The summed E-state index contributed by atoms with van der Waals surface area (Å²) in [7, 11) is 0. The molecule has 0 aliphatic carbocycles. The van der Waals surface area contributed by atoms with Gasteiger partial charge in [0.15, 0.2) is 0 Å². The van der Waals surface area contributed by atoms with Gasteiger partial charge in [-0.25, -0.2) is 4.98 Å². The van der Waals surface area contributed by atoms with Gasteiger partial charge in [-0.2, -0.15) is 4.98 Å². The molecule has 0 bridgehead atoms. The molecule has 1 aliphatic heterocycles. The minimum absolute atomic E-state index is 0.0703. The van der Waals surface area contributed by atoms with Crippen molar-refractivity contribution in [3.63, 3.8) is 0 Å². The molecular formula is C21H24N6O2. The second kappa shape index (κ2) is 8.74. The first-order valence-corrected chi connectivity index (χ1v) is 9.62. The van der Waals surface area contributed by atoms with Crippen LogP contribution in [0.25, 0.3) is 0 Å². The van der Waals surface area contributed by atoms with Crippen LogP contribution in [0.1, 0.15) is 5.69 Å². The average Bonchev–Trinajstić information content (AvgIpc) is 3.22. The predicted molar refractivity (Wildman–Crippen MR) is 113 cm³/mol. The Morgan fingerprint density at radius 2 is 1.76 bits per heavy atom. The van der Waals surface area contributed by atoms with Crippen molar-refractivity contribution in [3.05, 3.63) is 60.6 Å². The van der Waals surface area contributed by atoms with E-state index in [1.54, 1.807) is 0 Å². The van der Waals surface area contributed by atoms with E-state index in [0.29, 0.717) is 19.2 Å². The average molecular weight is 392 g/mol. The minimum atomic E-state index is -0.0703. The Morgan fingerprint density at radius 1 is 1.07 bits per heavy atom. The zero-order valence-electron chi connectivity index (χ0n) is 16.3. The minimum Gasteiger partial charge on any atom is -0.378 e. The number of rotatable bonds is 6. The summed E-state index contributed by atoms with van der Waals surface area (Å²) in [5.74, 6) is 1.38. The summed E-state index contributed by atoms with van der Waals surface area (Å²) < 4.78 is 7.24. The first-order chi connectivity index (χ1) is 14.2. The maximum absolute atomic E-state index is 12.1. The molecule has 3 heterocycles. The summed E-state index contributed by atoms with van der Waals surface area (Å²) in [6.45, 7) is 5.32. The van der Waals surface area contributed by atoms with Gasteiger partial charge < -0.3 is 24.8 Å². The van der Waals surface area contributed by atoms with Crippen LogP contribution >= 0.6 is 0 Å². The summed E-state index contributed by atoms with van der Waals surface area (Å²) in [6, 6.07) is 13.3. The Balaban J connectivity index is 1.39. The number of benzene rings is 1. The van der Waals surface area contributed by atoms with E-state index in [2.05, 4.69) is 25.5 Å². The van der Waals surface area contributed by atoms with Gasteiger partial charge in [-0.3, -0.25) is 4.79 Å². The first kappa shape index (κ1) is 18.9. The number of anilines is 4. The van der Waals surface area contributed by atoms with Gasteiger partial charge in [-0.1, -0.05) is 0 Å². The fourth-order valence-corrected chi connectivity index (χ4v) is 3.17. The van der Waals surface area contributed by atoms with Crippen molar-refractivity contribution in [2.24, 2.45) is 0 Å². The molecule has 0 saturated carbocycles. The molecule has 0 spiro atoms. The van der Waals surface area contributed by atoms with Crippen LogP contribution in [0.5, 0.6) is 0 Å². The van der Waals surface area contributed by atoms with Crippen molar-refractivity contribution in [1.82, 2.24) is 14.5 Å². The van der Waals surface area contributed by atoms with E-state index in [4.69, 9.17) is 4.74 Å². The largest absolute Gasteiger partial charge is 0.378 e. The molecule has 4 rings (SSSR count). The highest BCUT2D eigenvalue weighted by atomic mass is 16.5. The number of carbonyl (C=O) groups excluding carboxylic acids is 1. The molecule has 8 nitrogen and oxygen atoms in total. The van der Waals surface area contributed by atoms with E-state index < -0.39 is 0 Å². The Hall–Kier alpha value is -3.39. The van der Waals surface area contributed by atoms with Gasteiger partial charge in [0.25, 0.3) is 0 Å². The van der Waals surface area contributed by atoms with Crippen LogP contribution < -0.4 is 15.5 Å². The molecule has 2 N–H and O–H groups in total. The van der Waals surface area contributed by atoms with Crippen LogP contribution in [0.4, 0.5) is 23.1 Å². The molecule has 1 amide bonds. The fourth-order valence-electron chi connectivity index (χ4n) is 3.17. The van der Waals surface area contributed by atoms with Crippen LogP contribution in [0.2, 0.25) is 0 Å². The molecule has 1 aliphatic rings. The molecule has 150 valence electrons. The third kappa shape index (κ3) is 5.11. The molecule has 0 radical (unpaired) electrons. The van der Waals surface area contributed by atoms with Crippen LogP contribution in [0.3, 0.4) is 0 Å². The topological polar surface area (TPSA) is 84.3 Å². The summed E-state index contributed by atoms with van der Waals surface area (Å²) in [6.07, 6.45) is 3.72. The SMILES string of the molecule is Cc1cc(N2CCOCC2)nc(Nc2ccc(NC(=O)Cn3cccc3)cc2)n1. The number of hydrogen-bond donors (Lipinski definition) is 2. The lowest BCUT2D eigenvalue weighted by atomic mass is 10.2. The van der Waals surface area contributed by atoms with Gasteiger partial charge in [-0.05, 0) is 43.3 Å². The number of nitrogens with zero attached hydrogens (tertiary/aromatic N) is 4. The van der Waals surface area contributed by atoms with Gasteiger partial charge in [-0.15, -0.1) is 0 Å². The van der Waals surface area contributed by atoms with E-state index in [1.165, 1.54) is 0 Å². The number of nitrogens with one attached hydrogen (secondary N) is 2. The highest BCUT2D eigenvalue weighted by Crippen LogP contribution is 2.20. The highest BCUT2D eigenvalue weighted by Gasteiger charge is 2.14. The number of aromatic nitrogens is 3. The second-order valence-corrected chi connectivity index (χ2v) is 6.90. The smallest absolute Gasteiger partial charge is 0.244 e. The van der Waals surface area contributed by atoms with Crippen molar-refractivity contribution in [1.29, 1.82) is 0 Å². The molecule has 3 aromatic rings. The summed E-state index contributed by atoms with van der Waals surface area (Å²) in [5.41, 5.74) is 2.50. The van der Waals surface area contributed by atoms with Gasteiger partial charge >= 0.3 is 0 Å². The Labute approximate surface area is 169 Å². The molecule has 2 aromatic heterocycles. The highest BCUT2D eigenvalue weighted by molar-refractivity contribution is 5.90. The van der Waals surface area contributed by atoms with Crippen molar-refractivity contribution < 1.29 is 9.53 Å². The summed E-state index contributed by atoms with van der Waals surface area (Å²) >= 11 is 0. The predicted octanol–water partition coefficient (Wildman–Crippen LogP) is 2.81. The lowest BCUT2D eigenvalue weighted by molar-refractivity contribution is -0.116. The number of amides is 1. The number of aryl methyl sites for hydroxylation is 1. The Bertz CT molecular complexity index is 950. The third-order valence-electron chi connectivity index (χ3n) is 4.59. The number of carbonyl (C=O) groups is 1. The van der Waals surface area contributed by atoms with Crippen LogP contribution in [0, 0.1) is 6.92 Å². The summed E-state index contributed by atoms with van der Waals surface area (Å²) in [4.78, 5) is 23.4. The van der Waals surface area contributed by atoms with Crippen molar-refractivity contribution in [2.45, 2.75) is 13.5 Å². The van der Waals surface area contributed by atoms with Crippen LogP contribution in [-0.4, -0.2) is 46.7 Å². The summed E-state index contributed by atoms with van der Waals surface area (Å²) in [5, 5.41) is 6.14.